The number of hydrogen-bond acceptors (Lipinski definition) is 2. The van der Waals surface area contributed by atoms with Gasteiger partial charge in [-0.25, -0.2) is 0 Å². The molecule has 0 fully saturated rings. The standard InChI is InChI=1S/C8H13NO/c1-6-3-2-4-8(9)7(6)5-10/h2-4,7-8,10H,5,9H2,1H3. The second-order valence-corrected chi connectivity index (χ2v) is 2.66. The summed E-state index contributed by atoms with van der Waals surface area (Å²) in [6.07, 6.45) is 5.84. The smallest absolute Gasteiger partial charge is 0.0514 e. The van der Waals surface area contributed by atoms with Crippen molar-refractivity contribution >= 4 is 0 Å². The molecule has 2 unspecified atom stereocenters. The fraction of sp³-hybridized carbons (Fsp3) is 0.500. The van der Waals surface area contributed by atoms with Crippen molar-refractivity contribution in [2.24, 2.45) is 11.7 Å². The summed E-state index contributed by atoms with van der Waals surface area (Å²) in [5.41, 5.74) is 6.86. The van der Waals surface area contributed by atoms with Gasteiger partial charge in [0.25, 0.3) is 0 Å². The second kappa shape index (κ2) is 2.99. The maximum absolute atomic E-state index is 8.88. The number of rotatable bonds is 1. The van der Waals surface area contributed by atoms with E-state index in [1.807, 2.05) is 25.2 Å². The van der Waals surface area contributed by atoms with Crippen molar-refractivity contribution < 1.29 is 5.11 Å². The van der Waals surface area contributed by atoms with Gasteiger partial charge in [-0.2, -0.15) is 0 Å². The molecule has 10 heavy (non-hydrogen) atoms. The van der Waals surface area contributed by atoms with E-state index in [0.29, 0.717) is 0 Å². The molecule has 2 heteroatoms. The molecule has 0 aromatic carbocycles. The third-order valence-electron chi connectivity index (χ3n) is 1.94. The van der Waals surface area contributed by atoms with Crippen LogP contribution in [-0.2, 0) is 0 Å². The SMILES string of the molecule is CC1=CC=CC(N)C1CO. The van der Waals surface area contributed by atoms with Crippen LogP contribution in [0, 0.1) is 5.92 Å². The first-order chi connectivity index (χ1) is 4.75. The number of allylic oxidation sites excluding steroid dienone is 2. The van der Waals surface area contributed by atoms with Crippen LogP contribution in [0.5, 0.6) is 0 Å². The van der Waals surface area contributed by atoms with Crippen molar-refractivity contribution in [3.63, 3.8) is 0 Å². The number of hydrogen-bond donors (Lipinski definition) is 2. The first-order valence-electron chi connectivity index (χ1n) is 3.47. The summed E-state index contributed by atoms with van der Waals surface area (Å²) in [6.45, 7) is 2.14. The Morgan fingerprint density at radius 1 is 1.70 bits per heavy atom. The van der Waals surface area contributed by atoms with E-state index in [0.717, 1.165) is 5.57 Å². The molecule has 0 saturated carbocycles. The quantitative estimate of drug-likeness (QED) is 0.553. The summed E-state index contributed by atoms with van der Waals surface area (Å²) in [5.74, 6) is 0.130. The normalized spacial score (nSPS) is 32.1. The van der Waals surface area contributed by atoms with E-state index in [4.69, 9.17) is 10.8 Å². The van der Waals surface area contributed by atoms with Crippen LogP contribution in [0.1, 0.15) is 6.92 Å². The Hall–Kier alpha value is -0.600. The molecule has 2 atom stereocenters. The molecule has 0 radical (unpaired) electrons. The molecule has 0 heterocycles. The summed E-state index contributed by atoms with van der Waals surface area (Å²) >= 11 is 0. The van der Waals surface area contributed by atoms with Gasteiger partial charge in [-0.05, 0) is 6.92 Å². The first-order valence-corrected chi connectivity index (χ1v) is 3.47. The van der Waals surface area contributed by atoms with Gasteiger partial charge in [0.05, 0.1) is 6.61 Å². The van der Waals surface area contributed by atoms with E-state index in [1.54, 1.807) is 0 Å². The minimum absolute atomic E-state index is 0.00463. The highest BCUT2D eigenvalue weighted by molar-refractivity contribution is 5.23. The fourth-order valence-corrected chi connectivity index (χ4v) is 1.16. The molecule has 0 spiro atoms. The van der Waals surface area contributed by atoms with Crippen molar-refractivity contribution in [2.75, 3.05) is 6.61 Å². The lowest BCUT2D eigenvalue weighted by Gasteiger charge is -2.22. The third-order valence-corrected chi connectivity index (χ3v) is 1.94. The monoisotopic (exact) mass is 139 g/mol. The molecule has 0 saturated heterocycles. The molecule has 56 valence electrons. The average molecular weight is 139 g/mol. The van der Waals surface area contributed by atoms with Crippen LogP contribution in [-0.4, -0.2) is 17.8 Å². The maximum atomic E-state index is 8.88. The Balaban J connectivity index is 2.71. The third kappa shape index (κ3) is 1.28. The molecule has 1 aliphatic carbocycles. The molecule has 2 nitrogen and oxygen atoms in total. The topological polar surface area (TPSA) is 46.2 Å². The van der Waals surface area contributed by atoms with Crippen LogP contribution in [0.15, 0.2) is 23.8 Å². The molecule has 0 bridgehead atoms. The lowest BCUT2D eigenvalue weighted by atomic mass is 9.90. The van der Waals surface area contributed by atoms with Gasteiger partial charge in [-0.3, -0.25) is 0 Å². The lowest BCUT2D eigenvalue weighted by Crippen LogP contribution is -2.32. The maximum Gasteiger partial charge on any atom is 0.0514 e. The van der Waals surface area contributed by atoms with Gasteiger partial charge >= 0.3 is 0 Å². The Bertz CT molecular complexity index is 172. The summed E-state index contributed by atoms with van der Waals surface area (Å²) in [5, 5.41) is 8.88. The Morgan fingerprint density at radius 3 is 2.80 bits per heavy atom. The van der Waals surface area contributed by atoms with Crippen LogP contribution in [0.25, 0.3) is 0 Å². The van der Waals surface area contributed by atoms with Gasteiger partial charge in [0, 0.05) is 12.0 Å². The minimum Gasteiger partial charge on any atom is -0.396 e. The summed E-state index contributed by atoms with van der Waals surface area (Å²) in [6, 6.07) is -0.00463. The highest BCUT2D eigenvalue weighted by Crippen LogP contribution is 2.17. The zero-order valence-corrected chi connectivity index (χ0v) is 6.12. The minimum atomic E-state index is -0.00463. The van der Waals surface area contributed by atoms with Crippen molar-refractivity contribution in [3.05, 3.63) is 23.8 Å². The summed E-state index contributed by atoms with van der Waals surface area (Å²) in [4.78, 5) is 0. The molecule has 1 rings (SSSR count). The zero-order chi connectivity index (χ0) is 7.56. The number of nitrogens with two attached hydrogens (primary N) is 1. The number of aliphatic hydroxyl groups excluding tert-OH is 1. The van der Waals surface area contributed by atoms with E-state index in [2.05, 4.69) is 0 Å². The number of aliphatic hydroxyl groups is 1. The first kappa shape index (κ1) is 7.51. The van der Waals surface area contributed by atoms with E-state index >= 15 is 0 Å². The predicted molar refractivity (Wildman–Crippen MR) is 41.4 cm³/mol. The zero-order valence-electron chi connectivity index (χ0n) is 6.12. The van der Waals surface area contributed by atoms with Gasteiger partial charge in [-0.1, -0.05) is 23.8 Å². The van der Waals surface area contributed by atoms with Crippen LogP contribution in [0.3, 0.4) is 0 Å². The second-order valence-electron chi connectivity index (χ2n) is 2.66. The van der Waals surface area contributed by atoms with E-state index in [-0.39, 0.29) is 18.6 Å². The predicted octanol–water partition coefficient (Wildman–Crippen LogP) is 0.438. The largest absolute Gasteiger partial charge is 0.396 e. The molecule has 3 N–H and O–H groups in total. The van der Waals surface area contributed by atoms with Gasteiger partial charge in [0.15, 0.2) is 0 Å². The average Bonchev–Trinajstić information content (AvgIpc) is 1.88. The Kier molecular flexibility index (Phi) is 2.25. The van der Waals surface area contributed by atoms with Crippen molar-refractivity contribution in [1.29, 1.82) is 0 Å². The Morgan fingerprint density at radius 2 is 2.40 bits per heavy atom. The Labute approximate surface area is 61.0 Å². The van der Waals surface area contributed by atoms with E-state index in [9.17, 15) is 0 Å². The highest BCUT2D eigenvalue weighted by Gasteiger charge is 2.17. The van der Waals surface area contributed by atoms with Crippen molar-refractivity contribution in [3.8, 4) is 0 Å². The summed E-state index contributed by atoms with van der Waals surface area (Å²) < 4.78 is 0. The van der Waals surface area contributed by atoms with Crippen LogP contribution < -0.4 is 5.73 Å². The molecule has 0 aromatic heterocycles. The molecular formula is C8H13NO. The van der Waals surface area contributed by atoms with Crippen molar-refractivity contribution in [1.82, 2.24) is 0 Å². The van der Waals surface area contributed by atoms with Gasteiger partial charge < -0.3 is 10.8 Å². The molecule has 0 aromatic rings. The van der Waals surface area contributed by atoms with Crippen molar-refractivity contribution in [2.45, 2.75) is 13.0 Å². The summed E-state index contributed by atoms with van der Waals surface area (Å²) in [7, 11) is 0. The van der Waals surface area contributed by atoms with E-state index in [1.165, 1.54) is 0 Å². The molecule has 0 aliphatic heterocycles. The molecular weight excluding hydrogens is 126 g/mol. The fourth-order valence-electron chi connectivity index (χ4n) is 1.16. The molecule has 1 aliphatic rings. The van der Waals surface area contributed by atoms with Crippen LogP contribution in [0.4, 0.5) is 0 Å². The highest BCUT2D eigenvalue weighted by atomic mass is 16.3. The van der Waals surface area contributed by atoms with Crippen LogP contribution in [0.2, 0.25) is 0 Å². The molecule has 0 amide bonds. The van der Waals surface area contributed by atoms with E-state index < -0.39 is 0 Å². The lowest BCUT2D eigenvalue weighted by molar-refractivity contribution is 0.236. The van der Waals surface area contributed by atoms with Crippen LogP contribution >= 0.6 is 0 Å². The van der Waals surface area contributed by atoms with Gasteiger partial charge in [-0.15, -0.1) is 0 Å². The van der Waals surface area contributed by atoms with Gasteiger partial charge in [0.1, 0.15) is 0 Å². The van der Waals surface area contributed by atoms with Gasteiger partial charge in [0.2, 0.25) is 0 Å².